The topological polar surface area (TPSA) is 18.5 Å². The molecule has 1 aromatic rings. The van der Waals surface area contributed by atoms with Crippen LogP contribution in [0.25, 0.3) is 0 Å². The quantitative estimate of drug-likeness (QED) is 0.866. The van der Waals surface area contributed by atoms with Crippen LogP contribution in [0.15, 0.2) is 24.3 Å². The Labute approximate surface area is 130 Å². The molecule has 1 fully saturated rings. The molecule has 3 heteroatoms. The van der Waals surface area contributed by atoms with Gasteiger partial charge in [0.25, 0.3) is 0 Å². The molecule has 1 aliphatic heterocycles. The summed E-state index contributed by atoms with van der Waals surface area (Å²) in [7, 11) is 0. The second kappa shape index (κ2) is 7.69. The molecule has 2 atom stereocenters. The minimum Gasteiger partial charge on any atom is -0.372 e. The number of nitrogens with one attached hydrogen (secondary N) is 1. The molecule has 1 aromatic carbocycles. The molecule has 0 bridgehead atoms. The van der Waals surface area contributed by atoms with E-state index >= 15 is 0 Å². The first kappa shape index (κ1) is 16.2. The SMILES string of the molecule is CCC(C)C1CN(c2ccc(N(CC)CC)cc2)CCN1. The fourth-order valence-electron chi connectivity index (χ4n) is 3.14. The molecule has 0 spiro atoms. The molecule has 3 nitrogen and oxygen atoms in total. The van der Waals surface area contributed by atoms with E-state index in [1.165, 1.54) is 17.8 Å². The maximum Gasteiger partial charge on any atom is 0.0368 e. The van der Waals surface area contributed by atoms with Crippen LogP contribution in [-0.2, 0) is 0 Å². The van der Waals surface area contributed by atoms with E-state index in [-0.39, 0.29) is 0 Å². The molecule has 0 aromatic heterocycles. The van der Waals surface area contributed by atoms with Gasteiger partial charge in [-0.15, -0.1) is 0 Å². The van der Waals surface area contributed by atoms with Crippen LogP contribution in [0, 0.1) is 5.92 Å². The predicted molar refractivity (Wildman–Crippen MR) is 93.5 cm³/mol. The number of hydrogen-bond acceptors (Lipinski definition) is 3. The maximum absolute atomic E-state index is 3.67. The lowest BCUT2D eigenvalue weighted by Crippen LogP contribution is -2.53. The monoisotopic (exact) mass is 289 g/mol. The van der Waals surface area contributed by atoms with Crippen molar-refractivity contribution in [3.05, 3.63) is 24.3 Å². The van der Waals surface area contributed by atoms with Crippen LogP contribution in [0.3, 0.4) is 0 Å². The smallest absolute Gasteiger partial charge is 0.0368 e. The van der Waals surface area contributed by atoms with Crippen molar-refractivity contribution >= 4 is 11.4 Å². The lowest BCUT2D eigenvalue weighted by molar-refractivity contribution is 0.342. The highest BCUT2D eigenvalue weighted by molar-refractivity contribution is 5.56. The third kappa shape index (κ3) is 3.91. The van der Waals surface area contributed by atoms with Gasteiger partial charge in [0, 0.05) is 50.1 Å². The van der Waals surface area contributed by atoms with Gasteiger partial charge < -0.3 is 15.1 Å². The Hall–Kier alpha value is -1.22. The Morgan fingerprint density at radius 1 is 1.19 bits per heavy atom. The number of nitrogens with zero attached hydrogens (tertiary/aromatic N) is 2. The van der Waals surface area contributed by atoms with Crippen molar-refractivity contribution in [1.29, 1.82) is 0 Å². The normalized spacial score (nSPS) is 20.4. The number of benzene rings is 1. The van der Waals surface area contributed by atoms with Crippen LogP contribution in [0.4, 0.5) is 11.4 Å². The number of anilines is 2. The fourth-order valence-corrected chi connectivity index (χ4v) is 3.14. The molecule has 1 N–H and O–H groups in total. The summed E-state index contributed by atoms with van der Waals surface area (Å²) in [5, 5.41) is 3.67. The van der Waals surface area contributed by atoms with E-state index in [0.29, 0.717) is 6.04 Å². The maximum atomic E-state index is 3.67. The molecule has 21 heavy (non-hydrogen) atoms. The highest BCUT2D eigenvalue weighted by atomic mass is 15.2. The summed E-state index contributed by atoms with van der Waals surface area (Å²) in [6.45, 7) is 14.5. The van der Waals surface area contributed by atoms with Gasteiger partial charge in [-0.1, -0.05) is 20.3 Å². The van der Waals surface area contributed by atoms with E-state index in [1.807, 2.05) is 0 Å². The van der Waals surface area contributed by atoms with Crippen molar-refractivity contribution in [1.82, 2.24) is 5.32 Å². The van der Waals surface area contributed by atoms with Gasteiger partial charge in [-0.3, -0.25) is 0 Å². The van der Waals surface area contributed by atoms with Gasteiger partial charge in [0.15, 0.2) is 0 Å². The molecular weight excluding hydrogens is 258 g/mol. The van der Waals surface area contributed by atoms with E-state index in [2.05, 4.69) is 67.1 Å². The van der Waals surface area contributed by atoms with Crippen molar-refractivity contribution in [2.75, 3.05) is 42.5 Å². The summed E-state index contributed by atoms with van der Waals surface area (Å²) in [5.41, 5.74) is 2.69. The highest BCUT2D eigenvalue weighted by Gasteiger charge is 2.23. The molecule has 0 radical (unpaired) electrons. The number of hydrogen-bond donors (Lipinski definition) is 1. The largest absolute Gasteiger partial charge is 0.372 e. The molecule has 1 heterocycles. The summed E-state index contributed by atoms with van der Waals surface area (Å²) in [5.74, 6) is 0.739. The Morgan fingerprint density at radius 3 is 2.43 bits per heavy atom. The molecule has 2 rings (SSSR count). The molecule has 0 saturated carbocycles. The van der Waals surface area contributed by atoms with Gasteiger partial charge in [0.05, 0.1) is 0 Å². The third-order valence-electron chi connectivity index (χ3n) is 4.88. The average Bonchev–Trinajstić information content (AvgIpc) is 2.56. The highest BCUT2D eigenvalue weighted by Crippen LogP contribution is 2.23. The Kier molecular flexibility index (Phi) is 5.92. The third-order valence-corrected chi connectivity index (χ3v) is 4.88. The number of rotatable bonds is 6. The van der Waals surface area contributed by atoms with Crippen LogP contribution < -0.4 is 15.1 Å². The fraction of sp³-hybridized carbons (Fsp3) is 0.667. The van der Waals surface area contributed by atoms with Crippen LogP contribution in [0.5, 0.6) is 0 Å². The second-order valence-corrected chi connectivity index (χ2v) is 6.08. The summed E-state index contributed by atoms with van der Waals surface area (Å²) in [6.07, 6.45) is 1.24. The zero-order valence-corrected chi connectivity index (χ0v) is 14.1. The molecular formula is C18H31N3. The van der Waals surface area contributed by atoms with Crippen molar-refractivity contribution < 1.29 is 0 Å². The van der Waals surface area contributed by atoms with E-state index in [9.17, 15) is 0 Å². The van der Waals surface area contributed by atoms with Gasteiger partial charge in [0.2, 0.25) is 0 Å². The zero-order valence-electron chi connectivity index (χ0n) is 14.1. The van der Waals surface area contributed by atoms with Gasteiger partial charge in [0.1, 0.15) is 0 Å². The molecule has 2 unspecified atom stereocenters. The summed E-state index contributed by atoms with van der Waals surface area (Å²) in [4.78, 5) is 4.92. The predicted octanol–water partition coefficient (Wildman–Crippen LogP) is 3.36. The molecule has 1 aliphatic rings. The molecule has 118 valence electrons. The van der Waals surface area contributed by atoms with Gasteiger partial charge >= 0.3 is 0 Å². The van der Waals surface area contributed by atoms with Crippen molar-refractivity contribution in [3.63, 3.8) is 0 Å². The minimum absolute atomic E-state index is 0.617. The standard InChI is InChI=1S/C18H31N3/c1-5-15(4)18-14-21(13-12-19-18)17-10-8-16(9-11-17)20(6-2)7-3/h8-11,15,18-19H,5-7,12-14H2,1-4H3. The lowest BCUT2D eigenvalue weighted by atomic mass is 9.97. The van der Waals surface area contributed by atoms with Crippen molar-refractivity contribution in [3.8, 4) is 0 Å². The summed E-state index contributed by atoms with van der Waals surface area (Å²) < 4.78 is 0. The second-order valence-electron chi connectivity index (χ2n) is 6.08. The van der Waals surface area contributed by atoms with E-state index in [4.69, 9.17) is 0 Å². The first-order valence-electron chi connectivity index (χ1n) is 8.52. The van der Waals surface area contributed by atoms with Crippen LogP contribution in [0.2, 0.25) is 0 Å². The molecule has 1 saturated heterocycles. The van der Waals surface area contributed by atoms with E-state index in [0.717, 1.165) is 38.6 Å². The Bertz CT molecular complexity index is 411. The Balaban J connectivity index is 2.04. The van der Waals surface area contributed by atoms with Crippen molar-refractivity contribution in [2.24, 2.45) is 5.92 Å². The van der Waals surface area contributed by atoms with Crippen LogP contribution in [0.1, 0.15) is 34.1 Å². The molecule has 0 amide bonds. The lowest BCUT2D eigenvalue weighted by Gasteiger charge is -2.38. The number of piperazine rings is 1. The molecule has 0 aliphatic carbocycles. The summed E-state index contributed by atoms with van der Waals surface area (Å²) in [6, 6.07) is 9.72. The van der Waals surface area contributed by atoms with E-state index in [1.54, 1.807) is 0 Å². The Morgan fingerprint density at radius 2 is 1.86 bits per heavy atom. The van der Waals surface area contributed by atoms with Gasteiger partial charge in [-0.25, -0.2) is 0 Å². The van der Waals surface area contributed by atoms with Crippen LogP contribution in [-0.4, -0.2) is 38.8 Å². The average molecular weight is 289 g/mol. The van der Waals surface area contributed by atoms with Crippen LogP contribution >= 0.6 is 0 Å². The first-order chi connectivity index (χ1) is 10.2. The summed E-state index contributed by atoms with van der Waals surface area (Å²) >= 11 is 0. The zero-order chi connectivity index (χ0) is 15.2. The first-order valence-corrected chi connectivity index (χ1v) is 8.52. The van der Waals surface area contributed by atoms with Gasteiger partial charge in [-0.05, 0) is 44.0 Å². The minimum atomic E-state index is 0.617. The van der Waals surface area contributed by atoms with E-state index < -0.39 is 0 Å². The van der Waals surface area contributed by atoms with Crippen molar-refractivity contribution in [2.45, 2.75) is 40.2 Å². The van der Waals surface area contributed by atoms with Gasteiger partial charge in [-0.2, -0.15) is 0 Å².